The molecule has 1 unspecified atom stereocenters. The van der Waals surface area contributed by atoms with E-state index in [9.17, 15) is 14.4 Å². The number of nitrogens with one attached hydrogen (secondary N) is 1. The van der Waals surface area contributed by atoms with Crippen molar-refractivity contribution in [3.05, 3.63) is 70.4 Å². The number of anilines is 2. The van der Waals surface area contributed by atoms with Crippen LogP contribution in [-0.2, 0) is 19.1 Å². The topological polar surface area (TPSA) is 79.0 Å². The summed E-state index contributed by atoms with van der Waals surface area (Å²) in [6.07, 6.45) is 0. The van der Waals surface area contributed by atoms with Crippen LogP contribution >= 0.6 is 11.6 Å². The van der Waals surface area contributed by atoms with Crippen LogP contribution in [-0.4, -0.2) is 30.4 Å². The summed E-state index contributed by atoms with van der Waals surface area (Å²) in [5.74, 6) is -1.70. The maximum absolute atomic E-state index is 13.3. The fourth-order valence-electron chi connectivity index (χ4n) is 3.42. The third-order valence-electron chi connectivity index (χ3n) is 4.80. The van der Waals surface area contributed by atoms with E-state index in [1.807, 2.05) is 31.2 Å². The highest BCUT2D eigenvalue weighted by Crippen LogP contribution is 2.37. The van der Waals surface area contributed by atoms with Gasteiger partial charge in [-0.25, -0.2) is 9.69 Å². The zero-order chi connectivity index (χ0) is 20.7. The Kier molecular flexibility index (Phi) is 4.76. The smallest absolute Gasteiger partial charge is 0.356 e. The lowest BCUT2D eigenvalue weighted by molar-refractivity contribution is -0.139. The number of fused-ring (bicyclic) bond motifs is 1. The first-order valence-corrected chi connectivity index (χ1v) is 9.48. The number of rotatable bonds is 4. The predicted octanol–water partition coefficient (Wildman–Crippen LogP) is 2.73. The Morgan fingerprint density at radius 2 is 1.69 bits per heavy atom. The molecule has 7 nitrogen and oxygen atoms in total. The molecule has 29 heavy (non-hydrogen) atoms. The van der Waals surface area contributed by atoms with Gasteiger partial charge in [0.25, 0.3) is 11.8 Å². The predicted molar refractivity (Wildman–Crippen MR) is 108 cm³/mol. The molecule has 0 aliphatic carbocycles. The Morgan fingerprint density at radius 1 is 1.07 bits per heavy atom. The Morgan fingerprint density at radius 3 is 2.31 bits per heavy atom. The number of carbonyl (C=O) groups is 3. The van der Waals surface area contributed by atoms with Crippen molar-refractivity contribution in [2.75, 3.05) is 16.5 Å². The highest BCUT2D eigenvalue weighted by molar-refractivity contribution is 6.34. The summed E-state index contributed by atoms with van der Waals surface area (Å²) in [7, 11) is 0. The van der Waals surface area contributed by atoms with Crippen LogP contribution in [0, 0.1) is 6.92 Å². The quantitative estimate of drug-likeness (QED) is 0.615. The number of hydrogen-bond acceptors (Lipinski definition) is 6. The van der Waals surface area contributed by atoms with Gasteiger partial charge in [0.2, 0.25) is 0 Å². The van der Waals surface area contributed by atoms with E-state index in [0.717, 1.165) is 10.5 Å². The number of imide groups is 1. The number of halogens is 1. The van der Waals surface area contributed by atoms with Gasteiger partial charge in [-0.3, -0.25) is 20.0 Å². The number of carbonyl (C=O) groups excluding carboxylic acids is 3. The Hall–Kier alpha value is -3.32. The highest BCUT2D eigenvalue weighted by Gasteiger charge is 2.54. The lowest BCUT2D eigenvalue weighted by atomic mass is 10.1. The molecule has 2 heterocycles. The molecule has 8 heteroatoms. The van der Waals surface area contributed by atoms with E-state index >= 15 is 0 Å². The fraction of sp³-hybridized carbons (Fsp3) is 0.190. The zero-order valence-corrected chi connectivity index (χ0v) is 16.6. The van der Waals surface area contributed by atoms with Gasteiger partial charge in [0.15, 0.2) is 11.7 Å². The zero-order valence-electron chi connectivity index (χ0n) is 15.8. The first-order chi connectivity index (χ1) is 13.9. The average molecular weight is 412 g/mol. The second kappa shape index (κ2) is 7.25. The number of hydrogen-bond donors (Lipinski definition) is 1. The van der Waals surface area contributed by atoms with Gasteiger partial charge in [-0.2, -0.15) is 0 Å². The van der Waals surface area contributed by atoms with Crippen molar-refractivity contribution in [1.82, 2.24) is 5.43 Å². The van der Waals surface area contributed by atoms with Gasteiger partial charge in [-0.1, -0.05) is 29.3 Å². The molecule has 0 aromatic heterocycles. The van der Waals surface area contributed by atoms with Crippen LogP contribution in [0.25, 0.3) is 0 Å². The van der Waals surface area contributed by atoms with E-state index in [1.54, 1.807) is 31.2 Å². The molecule has 2 aromatic carbocycles. The molecular formula is C21H18ClN3O4. The molecule has 0 bridgehead atoms. The van der Waals surface area contributed by atoms with Gasteiger partial charge in [0, 0.05) is 5.02 Å². The average Bonchev–Trinajstić information content (AvgIpc) is 3.21. The van der Waals surface area contributed by atoms with Gasteiger partial charge in [-0.15, -0.1) is 0 Å². The number of nitrogens with zero attached hydrogens (tertiary/aromatic N) is 2. The molecule has 1 saturated heterocycles. The Labute approximate surface area is 172 Å². The maximum Gasteiger partial charge on any atom is 0.356 e. The van der Waals surface area contributed by atoms with Crippen molar-refractivity contribution >= 4 is 40.8 Å². The molecule has 2 aromatic rings. The van der Waals surface area contributed by atoms with Gasteiger partial charge >= 0.3 is 5.97 Å². The van der Waals surface area contributed by atoms with Gasteiger partial charge in [0.1, 0.15) is 0 Å². The summed E-state index contributed by atoms with van der Waals surface area (Å²) >= 11 is 5.93. The van der Waals surface area contributed by atoms with Crippen molar-refractivity contribution in [3.8, 4) is 0 Å². The van der Waals surface area contributed by atoms with E-state index in [-0.39, 0.29) is 17.9 Å². The lowest BCUT2D eigenvalue weighted by Crippen LogP contribution is -2.46. The summed E-state index contributed by atoms with van der Waals surface area (Å²) in [5.41, 5.74) is 5.04. The van der Waals surface area contributed by atoms with Crippen LogP contribution in [0.15, 0.2) is 59.8 Å². The Balaban J connectivity index is 1.80. The van der Waals surface area contributed by atoms with E-state index in [4.69, 9.17) is 16.3 Å². The van der Waals surface area contributed by atoms with Gasteiger partial charge in [0.05, 0.1) is 23.6 Å². The van der Waals surface area contributed by atoms with Crippen molar-refractivity contribution in [1.29, 1.82) is 0 Å². The monoisotopic (exact) mass is 411 g/mol. The molecule has 1 N–H and O–H groups in total. The molecule has 0 spiro atoms. The van der Waals surface area contributed by atoms with E-state index in [0.29, 0.717) is 16.4 Å². The van der Waals surface area contributed by atoms with Crippen LogP contribution < -0.4 is 15.3 Å². The third kappa shape index (κ3) is 3.13. The van der Waals surface area contributed by atoms with Crippen LogP contribution in [0.2, 0.25) is 5.02 Å². The maximum atomic E-state index is 13.3. The Bertz CT molecular complexity index is 1030. The number of esters is 1. The largest absolute Gasteiger partial charge is 0.461 e. The molecular weight excluding hydrogens is 394 g/mol. The molecule has 2 aliphatic rings. The minimum Gasteiger partial charge on any atom is -0.461 e. The van der Waals surface area contributed by atoms with Gasteiger partial charge < -0.3 is 4.74 Å². The summed E-state index contributed by atoms with van der Waals surface area (Å²) in [6, 6.07) is 12.8. The minimum absolute atomic E-state index is 0.0211. The summed E-state index contributed by atoms with van der Waals surface area (Å²) in [4.78, 5) is 40.0. The first kappa shape index (κ1) is 19.0. The molecule has 2 amide bonds. The molecule has 2 aliphatic heterocycles. The number of amides is 2. The van der Waals surface area contributed by atoms with E-state index in [2.05, 4.69) is 5.43 Å². The van der Waals surface area contributed by atoms with Crippen molar-refractivity contribution in [2.24, 2.45) is 0 Å². The van der Waals surface area contributed by atoms with Crippen LogP contribution in [0.4, 0.5) is 11.4 Å². The van der Waals surface area contributed by atoms with Crippen molar-refractivity contribution in [2.45, 2.75) is 19.9 Å². The van der Waals surface area contributed by atoms with E-state index < -0.39 is 23.8 Å². The summed E-state index contributed by atoms with van der Waals surface area (Å²) in [5, 5.41) is 2.01. The number of ether oxygens (including phenoxy) is 1. The van der Waals surface area contributed by atoms with Crippen molar-refractivity contribution < 1.29 is 19.1 Å². The highest BCUT2D eigenvalue weighted by atomic mass is 35.5. The standard InChI is InChI=1S/C21H18ClN3O4/c1-3-29-21(28)17-16-18(25(23-17)15-8-4-12(2)5-9-15)20(27)24(19(16)26)14-10-6-13(22)7-11-14/h4-11,18,23H,3H2,1-2H3. The SMILES string of the molecule is CCOC(=O)C1=C2C(=O)N(c3ccc(Cl)cc3)C(=O)C2N(c2ccc(C)cc2)N1. The lowest BCUT2D eigenvalue weighted by Gasteiger charge is -2.26. The van der Waals surface area contributed by atoms with Crippen LogP contribution in [0.5, 0.6) is 0 Å². The number of aryl methyl sites for hydroxylation is 1. The van der Waals surface area contributed by atoms with Gasteiger partial charge in [-0.05, 0) is 50.2 Å². The summed E-state index contributed by atoms with van der Waals surface area (Å²) in [6.45, 7) is 3.77. The molecule has 0 saturated carbocycles. The minimum atomic E-state index is -0.972. The molecule has 148 valence electrons. The van der Waals surface area contributed by atoms with Crippen LogP contribution in [0.1, 0.15) is 12.5 Å². The first-order valence-electron chi connectivity index (χ1n) is 9.10. The number of benzene rings is 2. The third-order valence-corrected chi connectivity index (χ3v) is 5.05. The normalized spacial score (nSPS) is 18.2. The molecule has 4 rings (SSSR count). The van der Waals surface area contributed by atoms with Crippen molar-refractivity contribution in [3.63, 3.8) is 0 Å². The fourth-order valence-corrected chi connectivity index (χ4v) is 3.55. The molecule has 1 fully saturated rings. The van der Waals surface area contributed by atoms with E-state index in [1.165, 1.54) is 5.01 Å². The second-order valence-electron chi connectivity index (χ2n) is 6.68. The molecule has 1 atom stereocenters. The van der Waals surface area contributed by atoms with Crippen LogP contribution in [0.3, 0.4) is 0 Å². The molecule has 0 radical (unpaired) electrons. The summed E-state index contributed by atoms with van der Waals surface area (Å²) < 4.78 is 5.09. The number of hydrazine groups is 1. The second-order valence-corrected chi connectivity index (χ2v) is 7.12.